The van der Waals surface area contributed by atoms with E-state index in [0.717, 1.165) is 13.2 Å². The maximum Gasteiger partial charge on any atom is 0.154 e. The van der Waals surface area contributed by atoms with Gasteiger partial charge in [0.25, 0.3) is 0 Å². The highest BCUT2D eigenvalue weighted by Gasteiger charge is 1.94. The first kappa shape index (κ1) is 19.8. The molecule has 0 aromatic heterocycles. The summed E-state index contributed by atoms with van der Waals surface area (Å²) in [4.78, 5) is 8.57. The number of carbonyl (C=O) groups excluding carboxylic acids is 1. The molecule has 0 saturated carbocycles. The zero-order chi connectivity index (χ0) is 12.5. The van der Waals surface area contributed by atoms with E-state index in [1.165, 1.54) is 5.94 Å². The molecule has 0 unspecified atom stereocenters. The Labute approximate surface area is 91.3 Å². The molecule has 0 aromatic carbocycles. The molecule has 92 valence electrons. The quantitative estimate of drug-likeness (QED) is 0.519. The Kier molecular flexibility index (Phi) is 30.7. The molecule has 0 saturated heterocycles. The molecule has 0 radical (unpaired) electrons. The molecule has 0 rings (SSSR count). The van der Waals surface area contributed by atoms with Gasteiger partial charge in [0.1, 0.15) is 5.94 Å². The Morgan fingerprint density at radius 3 is 1.60 bits per heavy atom. The molecule has 0 fully saturated rings. The van der Waals surface area contributed by atoms with Crippen LogP contribution in [0.15, 0.2) is 6.58 Å². The second-order valence-corrected chi connectivity index (χ2v) is 2.07. The molecule has 0 aliphatic rings. The van der Waals surface area contributed by atoms with Crippen LogP contribution in [0.1, 0.15) is 20.8 Å². The van der Waals surface area contributed by atoms with Gasteiger partial charge in [0.05, 0.1) is 13.2 Å². The smallest absolute Gasteiger partial charge is 0.154 e. The molecular weight excluding hydrogens is 200 g/mol. The van der Waals surface area contributed by atoms with Crippen LogP contribution in [0.4, 0.5) is 0 Å². The van der Waals surface area contributed by atoms with E-state index in [9.17, 15) is 0 Å². The lowest BCUT2D eigenvalue weighted by Crippen LogP contribution is -2.11. The van der Waals surface area contributed by atoms with Gasteiger partial charge in [0.15, 0.2) is 6.29 Å². The van der Waals surface area contributed by atoms with E-state index < -0.39 is 0 Å². The van der Waals surface area contributed by atoms with Crippen LogP contribution in [-0.2, 0) is 14.3 Å². The summed E-state index contributed by atoms with van der Waals surface area (Å²) in [5.74, 6) is 1.25. The normalized spacial score (nSPS) is 8.13. The first-order valence-corrected chi connectivity index (χ1v) is 4.73. The van der Waals surface area contributed by atoms with Gasteiger partial charge in [0.2, 0.25) is 0 Å². The lowest BCUT2D eigenvalue weighted by molar-refractivity contribution is -0.123. The van der Waals surface area contributed by atoms with Gasteiger partial charge in [-0.1, -0.05) is 0 Å². The maximum atomic E-state index is 8.57. The monoisotopic (exact) mass is 222 g/mol. The van der Waals surface area contributed by atoms with Gasteiger partial charge in [-0.05, 0) is 27.4 Å². The highest BCUT2D eigenvalue weighted by atomic mass is 16.7. The zero-order valence-corrected chi connectivity index (χ0v) is 9.73. The van der Waals surface area contributed by atoms with Crippen molar-refractivity contribution in [1.29, 1.82) is 0 Å². The molecule has 2 N–H and O–H groups in total. The van der Waals surface area contributed by atoms with Gasteiger partial charge in [-0.2, -0.15) is 0 Å². The molecule has 5 heteroatoms. The summed E-state index contributed by atoms with van der Waals surface area (Å²) in [5, 5.41) is 15.2. The van der Waals surface area contributed by atoms with Gasteiger partial charge in [-0.25, -0.2) is 4.79 Å². The van der Waals surface area contributed by atoms with Crippen LogP contribution in [0.2, 0.25) is 0 Å². The average Bonchev–Trinajstić information content (AvgIpc) is 2.20. The Morgan fingerprint density at radius 2 is 1.47 bits per heavy atom. The van der Waals surface area contributed by atoms with E-state index >= 15 is 0 Å². The minimum Gasteiger partial charge on any atom is -0.394 e. The third kappa shape index (κ3) is 42.8. The lowest BCUT2D eigenvalue weighted by atomic mass is 10.7. The van der Waals surface area contributed by atoms with Crippen LogP contribution in [0.25, 0.3) is 0 Å². The molecule has 5 nitrogen and oxygen atoms in total. The van der Waals surface area contributed by atoms with Crippen LogP contribution in [0, 0.1) is 0 Å². The second-order valence-electron chi connectivity index (χ2n) is 2.07. The summed E-state index contributed by atoms with van der Waals surface area (Å²) >= 11 is 0. The molecule has 0 amide bonds. The minimum atomic E-state index is -0.125. The van der Waals surface area contributed by atoms with Crippen molar-refractivity contribution in [2.45, 2.75) is 27.1 Å². The predicted molar refractivity (Wildman–Crippen MR) is 58.2 cm³/mol. The van der Waals surface area contributed by atoms with E-state index in [2.05, 4.69) is 6.58 Å². The molecule has 0 aromatic rings. The van der Waals surface area contributed by atoms with Gasteiger partial charge in [-0.3, -0.25) is 0 Å². The molecule has 15 heavy (non-hydrogen) atoms. The van der Waals surface area contributed by atoms with Crippen LogP contribution in [0.5, 0.6) is 0 Å². The van der Waals surface area contributed by atoms with Gasteiger partial charge >= 0.3 is 0 Å². The first-order chi connectivity index (χ1) is 7.14. The fourth-order valence-corrected chi connectivity index (χ4v) is 0.518. The Hall–Kier alpha value is -0.710. The number of hydrogen-bond donors (Lipinski definition) is 2. The summed E-state index contributed by atoms with van der Waals surface area (Å²) < 4.78 is 10.1. The SMILES string of the molecule is C=C=O.CCOC(C)OCC.OCCO. The van der Waals surface area contributed by atoms with E-state index in [1.54, 1.807) is 0 Å². The third-order valence-electron chi connectivity index (χ3n) is 0.903. The van der Waals surface area contributed by atoms with Crippen molar-refractivity contribution < 1.29 is 24.5 Å². The average molecular weight is 222 g/mol. The highest BCUT2D eigenvalue weighted by Crippen LogP contribution is 1.90. The van der Waals surface area contributed by atoms with E-state index in [4.69, 9.17) is 24.5 Å². The number of rotatable bonds is 5. The van der Waals surface area contributed by atoms with Crippen molar-refractivity contribution in [3.8, 4) is 0 Å². The largest absolute Gasteiger partial charge is 0.394 e. The van der Waals surface area contributed by atoms with Crippen LogP contribution >= 0.6 is 0 Å². The highest BCUT2D eigenvalue weighted by molar-refractivity contribution is 5.38. The summed E-state index contributed by atoms with van der Waals surface area (Å²) in [6, 6.07) is 0. The summed E-state index contributed by atoms with van der Waals surface area (Å²) in [6.07, 6.45) is -0.0370. The minimum absolute atomic E-state index is 0.0370. The van der Waals surface area contributed by atoms with Crippen molar-refractivity contribution >= 4 is 5.94 Å². The molecule has 0 spiro atoms. The lowest BCUT2D eigenvalue weighted by Gasteiger charge is -2.09. The van der Waals surface area contributed by atoms with Crippen LogP contribution in [0.3, 0.4) is 0 Å². The molecule has 0 bridgehead atoms. The Balaban J connectivity index is -0.000000173. The van der Waals surface area contributed by atoms with E-state index in [0.29, 0.717) is 0 Å². The number of ether oxygens (including phenoxy) is 2. The van der Waals surface area contributed by atoms with E-state index in [-0.39, 0.29) is 19.5 Å². The topological polar surface area (TPSA) is 76.0 Å². The maximum absolute atomic E-state index is 8.57. The van der Waals surface area contributed by atoms with Crippen molar-refractivity contribution in [1.82, 2.24) is 0 Å². The summed E-state index contributed by atoms with van der Waals surface area (Å²) in [6.45, 7) is 9.68. The summed E-state index contributed by atoms with van der Waals surface area (Å²) in [7, 11) is 0. The van der Waals surface area contributed by atoms with Crippen molar-refractivity contribution in [3.05, 3.63) is 6.58 Å². The van der Waals surface area contributed by atoms with Crippen LogP contribution in [-0.4, -0.2) is 48.9 Å². The molecule has 0 aliphatic carbocycles. The third-order valence-corrected chi connectivity index (χ3v) is 0.903. The Bertz CT molecular complexity index is 113. The second kappa shape index (κ2) is 23.3. The van der Waals surface area contributed by atoms with Crippen molar-refractivity contribution in [2.24, 2.45) is 0 Å². The zero-order valence-electron chi connectivity index (χ0n) is 9.73. The Morgan fingerprint density at radius 1 is 1.20 bits per heavy atom. The number of aliphatic hydroxyl groups excluding tert-OH is 2. The van der Waals surface area contributed by atoms with Gasteiger partial charge in [-0.15, -0.1) is 0 Å². The summed E-state index contributed by atoms with van der Waals surface area (Å²) in [5.41, 5.74) is 0. The van der Waals surface area contributed by atoms with Crippen LogP contribution < -0.4 is 0 Å². The van der Waals surface area contributed by atoms with Crippen molar-refractivity contribution in [3.63, 3.8) is 0 Å². The molecule has 0 aliphatic heterocycles. The van der Waals surface area contributed by atoms with Crippen molar-refractivity contribution in [2.75, 3.05) is 26.4 Å². The number of aliphatic hydroxyl groups is 2. The fraction of sp³-hybridized carbons (Fsp3) is 0.800. The standard InChI is InChI=1S/C6H14O2.C2H6O2.C2H2O/c1-4-7-6(3)8-5-2;3-1-2-4;1-2-3/h6H,4-5H2,1-3H3;3-4H,1-2H2;1H2. The van der Waals surface area contributed by atoms with Gasteiger partial charge < -0.3 is 19.7 Å². The number of hydrogen-bond acceptors (Lipinski definition) is 5. The van der Waals surface area contributed by atoms with E-state index in [1.807, 2.05) is 20.8 Å². The molecule has 0 heterocycles. The fourth-order valence-electron chi connectivity index (χ4n) is 0.518. The first-order valence-electron chi connectivity index (χ1n) is 4.73. The van der Waals surface area contributed by atoms with Gasteiger partial charge in [0, 0.05) is 13.2 Å². The molecule has 0 atom stereocenters. The predicted octanol–water partition coefficient (Wildman–Crippen LogP) is 0.380. The molecular formula is C10H22O5.